The molecule has 2 nitrogen and oxygen atoms in total. The summed E-state index contributed by atoms with van der Waals surface area (Å²) in [5.41, 5.74) is 2.54. The Morgan fingerprint density at radius 3 is 2.19 bits per heavy atom. The lowest BCUT2D eigenvalue weighted by molar-refractivity contribution is 0.286. The minimum atomic E-state index is 0.762. The smallest absolute Gasteiger partial charge is 0.0909 e. The minimum absolute atomic E-state index is 0.762. The number of benzene rings is 2. The number of halogens is 1. The fourth-order valence-electron chi connectivity index (χ4n) is 2.13. The van der Waals surface area contributed by atoms with E-state index >= 15 is 0 Å². The molecule has 0 heterocycles. The maximum absolute atomic E-state index is 8.63. The number of rotatable bonds is 6. The van der Waals surface area contributed by atoms with E-state index in [1.807, 2.05) is 18.2 Å². The van der Waals surface area contributed by atoms with Crippen LogP contribution in [0.4, 0.5) is 0 Å². The van der Waals surface area contributed by atoms with Gasteiger partial charge in [0.15, 0.2) is 0 Å². The summed E-state index contributed by atoms with van der Waals surface area (Å²) in [4.78, 5) is 2.31. The van der Waals surface area contributed by atoms with Gasteiger partial charge >= 0.3 is 0 Å². The van der Waals surface area contributed by atoms with E-state index in [-0.39, 0.29) is 0 Å². The molecule has 0 aliphatic carbocycles. The summed E-state index contributed by atoms with van der Waals surface area (Å²) in [7, 11) is 0. The lowest BCUT2D eigenvalue weighted by Gasteiger charge is -2.21. The first-order chi connectivity index (χ1) is 10.3. The third kappa shape index (κ3) is 5.55. The summed E-state index contributed by atoms with van der Waals surface area (Å²) in [6, 6.07) is 20.8. The van der Waals surface area contributed by atoms with E-state index < -0.39 is 0 Å². The molecule has 0 N–H and O–H groups in total. The normalized spacial score (nSPS) is 10.9. The predicted octanol–water partition coefficient (Wildman–Crippen LogP) is 4.53. The van der Waals surface area contributed by atoms with Gasteiger partial charge in [0.05, 0.1) is 6.07 Å². The van der Waals surface area contributed by atoms with Gasteiger partial charge in [-0.15, -0.1) is 0 Å². The Kier molecular flexibility index (Phi) is 6.21. The van der Waals surface area contributed by atoms with Crippen LogP contribution in [0, 0.1) is 11.3 Å². The van der Waals surface area contributed by atoms with Crippen LogP contribution in [-0.2, 0) is 13.1 Å². The lowest BCUT2D eigenvalue weighted by Crippen LogP contribution is -2.22. The minimum Gasteiger partial charge on any atom is -0.291 e. The van der Waals surface area contributed by atoms with E-state index in [4.69, 9.17) is 5.26 Å². The third-order valence-corrected chi connectivity index (χ3v) is 3.65. The van der Waals surface area contributed by atoms with Gasteiger partial charge < -0.3 is 0 Å². The van der Waals surface area contributed by atoms with Crippen molar-refractivity contribution in [2.45, 2.75) is 13.1 Å². The second kappa shape index (κ2) is 8.41. The summed E-state index contributed by atoms with van der Waals surface area (Å²) in [5, 5.41) is 8.63. The molecule has 0 aromatic heterocycles. The van der Waals surface area contributed by atoms with Gasteiger partial charge in [0.1, 0.15) is 0 Å². The summed E-state index contributed by atoms with van der Waals surface area (Å²) in [6.45, 7) is 2.49. The molecule has 0 unspecified atom stereocenters. The Morgan fingerprint density at radius 2 is 1.57 bits per heavy atom. The molecule has 0 aliphatic heterocycles. The molecule has 0 saturated carbocycles. The van der Waals surface area contributed by atoms with Crippen molar-refractivity contribution < 1.29 is 0 Å². The van der Waals surface area contributed by atoms with Crippen LogP contribution in [0.5, 0.6) is 0 Å². The molecule has 0 fully saturated rings. The second-order valence-corrected chi connectivity index (χ2v) is 5.73. The molecule has 0 atom stereocenters. The van der Waals surface area contributed by atoms with E-state index in [2.05, 4.69) is 69.4 Å². The SMILES string of the molecule is N#C/C=C\CN(Cc1ccccc1)Cc1ccc(Br)cc1. The molecule has 2 aromatic rings. The zero-order valence-corrected chi connectivity index (χ0v) is 13.3. The summed E-state index contributed by atoms with van der Waals surface area (Å²) in [6.07, 6.45) is 3.45. The molecule has 2 aromatic carbocycles. The summed E-state index contributed by atoms with van der Waals surface area (Å²) in [5.74, 6) is 0. The Morgan fingerprint density at radius 1 is 0.952 bits per heavy atom. The van der Waals surface area contributed by atoms with Crippen molar-refractivity contribution in [3.8, 4) is 6.07 Å². The molecule has 106 valence electrons. The molecular formula is C18H17BrN2. The standard InChI is InChI=1S/C18H17BrN2/c19-18-10-8-17(9-11-18)15-21(13-5-4-12-20)14-16-6-2-1-3-7-16/h1-11H,13-15H2/b5-4-. The van der Waals surface area contributed by atoms with Crippen LogP contribution in [-0.4, -0.2) is 11.4 Å². The van der Waals surface area contributed by atoms with Crippen LogP contribution in [0.25, 0.3) is 0 Å². The Balaban J connectivity index is 2.06. The predicted molar refractivity (Wildman–Crippen MR) is 89.5 cm³/mol. The quantitative estimate of drug-likeness (QED) is 0.722. The van der Waals surface area contributed by atoms with E-state index in [0.29, 0.717) is 0 Å². The van der Waals surface area contributed by atoms with Crippen LogP contribution in [0.2, 0.25) is 0 Å². The molecule has 0 bridgehead atoms. The Hall–Kier alpha value is -1.89. The first-order valence-corrected chi connectivity index (χ1v) is 7.62. The van der Waals surface area contributed by atoms with Gasteiger partial charge in [-0.25, -0.2) is 0 Å². The maximum atomic E-state index is 8.63. The average molecular weight is 341 g/mol. The molecule has 0 saturated heterocycles. The van der Waals surface area contributed by atoms with Gasteiger partial charge in [-0.2, -0.15) is 5.26 Å². The Bertz CT molecular complexity index is 612. The van der Waals surface area contributed by atoms with Crippen molar-refractivity contribution >= 4 is 15.9 Å². The molecule has 0 amide bonds. The van der Waals surface area contributed by atoms with Gasteiger partial charge in [-0.3, -0.25) is 4.90 Å². The van der Waals surface area contributed by atoms with Gasteiger partial charge in [0.25, 0.3) is 0 Å². The summed E-state index contributed by atoms with van der Waals surface area (Å²) >= 11 is 3.46. The van der Waals surface area contributed by atoms with Crippen molar-refractivity contribution in [1.29, 1.82) is 5.26 Å². The number of hydrogen-bond acceptors (Lipinski definition) is 2. The molecule has 2 rings (SSSR count). The fourth-order valence-corrected chi connectivity index (χ4v) is 2.39. The van der Waals surface area contributed by atoms with Crippen molar-refractivity contribution in [3.63, 3.8) is 0 Å². The zero-order chi connectivity index (χ0) is 14.9. The van der Waals surface area contributed by atoms with Crippen molar-refractivity contribution in [1.82, 2.24) is 4.90 Å². The lowest BCUT2D eigenvalue weighted by atomic mass is 10.1. The van der Waals surface area contributed by atoms with Gasteiger partial charge in [0, 0.05) is 30.2 Å². The highest BCUT2D eigenvalue weighted by atomic mass is 79.9. The van der Waals surface area contributed by atoms with Gasteiger partial charge in [0.2, 0.25) is 0 Å². The maximum Gasteiger partial charge on any atom is 0.0909 e. The number of nitriles is 1. The highest BCUT2D eigenvalue weighted by Gasteiger charge is 2.05. The molecular weight excluding hydrogens is 324 g/mol. The van der Waals surface area contributed by atoms with Gasteiger partial charge in [-0.1, -0.05) is 64.5 Å². The van der Waals surface area contributed by atoms with Crippen molar-refractivity contribution in [3.05, 3.63) is 82.3 Å². The molecule has 0 spiro atoms. The number of hydrogen-bond donors (Lipinski definition) is 0. The first kappa shape index (κ1) is 15.5. The highest BCUT2D eigenvalue weighted by Crippen LogP contribution is 2.14. The van der Waals surface area contributed by atoms with E-state index in [0.717, 1.165) is 24.1 Å². The largest absolute Gasteiger partial charge is 0.291 e. The monoisotopic (exact) mass is 340 g/mol. The van der Waals surface area contributed by atoms with Crippen LogP contribution >= 0.6 is 15.9 Å². The third-order valence-electron chi connectivity index (χ3n) is 3.12. The zero-order valence-electron chi connectivity index (χ0n) is 11.7. The number of nitrogens with zero attached hydrogens (tertiary/aromatic N) is 2. The Labute approximate surface area is 134 Å². The van der Waals surface area contributed by atoms with Crippen LogP contribution in [0.15, 0.2) is 71.2 Å². The molecule has 3 heteroatoms. The van der Waals surface area contributed by atoms with E-state index in [1.165, 1.54) is 11.1 Å². The average Bonchev–Trinajstić information content (AvgIpc) is 2.51. The second-order valence-electron chi connectivity index (χ2n) is 4.81. The van der Waals surface area contributed by atoms with Gasteiger partial charge in [-0.05, 0) is 23.3 Å². The fraction of sp³-hybridized carbons (Fsp3) is 0.167. The van der Waals surface area contributed by atoms with Crippen molar-refractivity contribution in [2.75, 3.05) is 6.54 Å². The highest BCUT2D eigenvalue weighted by molar-refractivity contribution is 9.10. The molecule has 0 radical (unpaired) electrons. The molecule has 21 heavy (non-hydrogen) atoms. The molecule has 0 aliphatic rings. The van der Waals surface area contributed by atoms with Crippen LogP contribution < -0.4 is 0 Å². The number of allylic oxidation sites excluding steroid dienone is 1. The first-order valence-electron chi connectivity index (χ1n) is 6.83. The van der Waals surface area contributed by atoms with E-state index in [9.17, 15) is 0 Å². The van der Waals surface area contributed by atoms with E-state index in [1.54, 1.807) is 6.08 Å². The van der Waals surface area contributed by atoms with Crippen molar-refractivity contribution in [2.24, 2.45) is 0 Å². The summed E-state index contributed by atoms with van der Waals surface area (Å²) < 4.78 is 1.09. The van der Waals surface area contributed by atoms with Crippen LogP contribution in [0.3, 0.4) is 0 Å². The topological polar surface area (TPSA) is 27.0 Å². The van der Waals surface area contributed by atoms with Crippen LogP contribution in [0.1, 0.15) is 11.1 Å².